The smallest absolute Gasteiger partial charge is 0.342 e. The maximum atomic E-state index is 13.5. The summed E-state index contributed by atoms with van der Waals surface area (Å²) in [4.78, 5) is 40.7. The molecule has 3 aromatic rings. The largest absolute Gasteiger partial charge is 0.493 e. The molecule has 0 aromatic heterocycles. The highest BCUT2D eigenvalue weighted by molar-refractivity contribution is 5.86. The molecule has 0 spiro atoms. The molecule has 218 valence electrons. The van der Waals surface area contributed by atoms with Crippen LogP contribution in [-0.2, 0) is 16.0 Å². The topological polar surface area (TPSA) is 124 Å². The molecule has 2 N–H and O–H groups in total. The van der Waals surface area contributed by atoms with Crippen LogP contribution in [0.4, 0.5) is 4.79 Å². The Morgan fingerprint density at radius 1 is 0.732 bits per heavy atom. The van der Waals surface area contributed by atoms with Crippen LogP contribution in [0.1, 0.15) is 19.4 Å². The van der Waals surface area contributed by atoms with Crippen LogP contribution in [0.25, 0.3) is 0 Å². The minimum Gasteiger partial charge on any atom is -0.493 e. The SMILES string of the molecule is COc1ccccc1OC(=O)C(O)CN(CC(C)C)C(=O)NC(Cc1ccccc1)C(=O)Oc1ccccc1OC. The molecule has 0 aliphatic heterocycles. The molecule has 0 saturated heterocycles. The van der Waals surface area contributed by atoms with Gasteiger partial charge in [-0.15, -0.1) is 0 Å². The first-order valence-electron chi connectivity index (χ1n) is 13.2. The van der Waals surface area contributed by atoms with Crippen LogP contribution in [-0.4, -0.2) is 67.4 Å². The van der Waals surface area contributed by atoms with Gasteiger partial charge in [0.1, 0.15) is 6.04 Å². The van der Waals surface area contributed by atoms with Gasteiger partial charge in [0.15, 0.2) is 29.1 Å². The fourth-order valence-corrected chi connectivity index (χ4v) is 4.01. The zero-order valence-electron chi connectivity index (χ0n) is 23.6. The van der Waals surface area contributed by atoms with Crippen LogP contribution >= 0.6 is 0 Å². The van der Waals surface area contributed by atoms with E-state index in [0.29, 0.717) is 11.5 Å². The number of carbonyl (C=O) groups is 3. The molecular formula is C31H36N2O8. The molecule has 2 atom stereocenters. The number of ether oxygens (including phenoxy) is 4. The van der Waals surface area contributed by atoms with Crippen LogP contribution in [0.3, 0.4) is 0 Å². The van der Waals surface area contributed by atoms with E-state index in [9.17, 15) is 19.5 Å². The molecule has 41 heavy (non-hydrogen) atoms. The van der Waals surface area contributed by atoms with Gasteiger partial charge >= 0.3 is 18.0 Å². The summed E-state index contributed by atoms with van der Waals surface area (Å²) < 4.78 is 21.4. The van der Waals surface area contributed by atoms with E-state index in [0.717, 1.165) is 5.56 Å². The molecule has 0 saturated carbocycles. The highest BCUT2D eigenvalue weighted by Crippen LogP contribution is 2.27. The van der Waals surface area contributed by atoms with E-state index in [-0.39, 0.29) is 36.9 Å². The normalized spacial score (nSPS) is 12.1. The molecule has 0 radical (unpaired) electrons. The van der Waals surface area contributed by atoms with Crippen molar-refractivity contribution in [2.24, 2.45) is 5.92 Å². The summed E-state index contributed by atoms with van der Waals surface area (Å²) in [5.41, 5.74) is 0.797. The zero-order chi connectivity index (χ0) is 29.8. The summed E-state index contributed by atoms with van der Waals surface area (Å²) in [6, 6.07) is 20.6. The van der Waals surface area contributed by atoms with Crippen molar-refractivity contribution in [3.05, 3.63) is 84.4 Å². The van der Waals surface area contributed by atoms with Crippen LogP contribution in [0.5, 0.6) is 23.0 Å². The molecule has 2 unspecified atom stereocenters. The van der Waals surface area contributed by atoms with Gasteiger partial charge in [0.2, 0.25) is 0 Å². The van der Waals surface area contributed by atoms with Gasteiger partial charge < -0.3 is 34.3 Å². The van der Waals surface area contributed by atoms with Gasteiger partial charge in [-0.2, -0.15) is 0 Å². The molecular weight excluding hydrogens is 528 g/mol. The Labute approximate surface area is 239 Å². The summed E-state index contributed by atoms with van der Waals surface area (Å²) in [6.45, 7) is 3.61. The van der Waals surface area contributed by atoms with Crippen molar-refractivity contribution in [2.75, 3.05) is 27.3 Å². The molecule has 0 heterocycles. The van der Waals surface area contributed by atoms with E-state index < -0.39 is 30.1 Å². The maximum Gasteiger partial charge on any atom is 0.342 e. The molecule has 0 aliphatic carbocycles. The van der Waals surface area contributed by atoms with Crippen molar-refractivity contribution < 1.29 is 38.4 Å². The Morgan fingerprint density at radius 2 is 1.22 bits per heavy atom. The Kier molecular flexibility index (Phi) is 11.5. The van der Waals surface area contributed by atoms with E-state index in [1.54, 1.807) is 42.5 Å². The van der Waals surface area contributed by atoms with Crippen molar-refractivity contribution in [1.29, 1.82) is 0 Å². The Hall–Kier alpha value is -4.57. The van der Waals surface area contributed by atoms with Gasteiger partial charge in [0, 0.05) is 13.0 Å². The lowest BCUT2D eigenvalue weighted by Gasteiger charge is -2.28. The number of hydrogen-bond acceptors (Lipinski definition) is 8. The summed E-state index contributed by atoms with van der Waals surface area (Å²) in [5, 5.41) is 13.4. The zero-order valence-corrected chi connectivity index (χ0v) is 23.6. The van der Waals surface area contributed by atoms with E-state index >= 15 is 0 Å². The average molecular weight is 565 g/mol. The van der Waals surface area contributed by atoms with Gasteiger partial charge in [-0.05, 0) is 35.7 Å². The highest BCUT2D eigenvalue weighted by atomic mass is 16.6. The third-order valence-electron chi connectivity index (χ3n) is 5.96. The number of methoxy groups -OCH3 is 2. The Bertz CT molecular complexity index is 1300. The van der Waals surface area contributed by atoms with E-state index in [1.165, 1.54) is 25.2 Å². The lowest BCUT2D eigenvalue weighted by atomic mass is 10.1. The number of nitrogens with one attached hydrogen (secondary N) is 1. The number of urea groups is 1. The third kappa shape index (κ3) is 9.25. The number of aliphatic hydroxyl groups excluding tert-OH is 1. The predicted octanol–water partition coefficient (Wildman–Crippen LogP) is 3.85. The van der Waals surface area contributed by atoms with E-state index in [2.05, 4.69) is 5.32 Å². The number of hydrogen-bond donors (Lipinski definition) is 2. The van der Waals surface area contributed by atoms with Crippen LogP contribution < -0.4 is 24.3 Å². The van der Waals surface area contributed by atoms with Crippen LogP contribution in [0, 0.1) is 5.92 Å². The quantitative estimate of drug-likeness (QED) is 0.237. The molecule has 10 nitrogen and oxygen atoms in total. The molecule has 0 bridgehead atoms. The van der Waals surface area contributed by atoms with Gasteiger partial charge in [-0.25, -0.2) is 14.4 Å². The molecule has 3 aromatic carbocycles. The Morgan fingerprint density at radius 3 is 1.73 bits per heavy atom. The second-order valence-electron chi connectivity index (χ2n) is 9.65. The van der Waals surface area contributed by atoms with Gasteiger partial charge in [0.05, 0.1) is 20.8 Å². The second-order valence-corrected chi connectivity index (χ2v) is 9.65. The number of carbonyl (C=O) groups excluding carboxylic acids is 3. The predicted molar refractivity (Wildman–Crippen MR) is 152 cm³/mol. The monoisotopic (exact) mass is 564 g/mol. The van der Waals surface area contributed by atoms with Crippen LogP contribution in [0.15, 0.2) is 78.9 Å². The van der Waals surface area contributed by atoms with Crippen LogP contribution in [0.2, 0.25) is 0 Å². The minimum absolute atomic E-state index is 0.00806. The number of nitrogens with zero attached hydrogens (tertiary/aromatic N) is 1. The lowest BCUT2D eigenvalue weighted by Crippen LogP contribution is -2.53. The van der Waals surface area contributed by atoms with Crippen molar-refractivity contribution >= 4 is 18.0 Å². The minimum atomic E-state index is -1.66. The van der Waals surface area contributed by atoms with E-state index in [1.807, 2.05) is 44.2 Å². The molecule has 10 heteroatoms. The second kappa shape index (κ2) is 15.3. The fraction of sp³-hybridized carbons (Fsp3) is 0.323. The Balaban J connectivity index is 1.77. The molecule has 2 amide bonds. The first kappa shape index (κ1) is 31.0. The molecule has 0 fully saturated rings. The van der Waals surface area contributed by atoms with Gasteiger partial charge in [-0.1, -0.05) is 68.4 Å². The number of aliphatic hydroxyl groups is 1. The summed E-state index contributed by atoms with van der Waals surface area (Å²) in [7, 11) is 2.90. The highest BCUT2D eigenvalue weighted by Gasteiger charge is 2.30. The number of rotatable bonds is 13. The summed E-state index contributed by atoms with van der Waals surface area (Å²) in [5.74, 6) is -0.626. The van der Waals surface area contributed by atoms with Crippen molar-refractivity contribution in [1.82, 2.24) is 10.2 Å². The molecule has 3 rings (SSSR count). The summed E-state index contributed by atoms with van der Waals surface area (Å²) in [6.07, 6.45) is -1.51. The number of para-hydroxylation sites is 4. The van der Waals surface area contributed by atoms with Gasteiger partial charge in [0.25, 0.3) is 0 Å². The standard InChI is InChI=1S/C31H36N2O8/c1-21(2)19-33(20-24(34)30(36)41-28-17-11-9-15-26(28)39-4)31(37)32-23(18-22-12-6-5-7-13-22)29(35)40-27-16-10-8-14-25(27)38-3/h5-17,21,23-24,34H,18-20H2,1-4H3,(H,32,37). The first-order chi connectivity index (χ1) is 19.7. The van der Waals surface area contributed by atoms with Crippen molar-refractivity contribution in [3.63, 3.8) is 0 Å². The van der Waals surface area contributed by atoms with Crippen molar-refractivity contribution in [2.45, 2.75) is 32.4 Å². The van der Waals surface area contributed by atoms with E-state index in [4.69, 9.17) is 18.9 Å². The number of benzene rings is 3. The lowest BCUT2D eigenvalue weighted by molar-refractivity contribution is -0.144. The average Bonchev–Trinajstić information content (AvgIpc) is 2.97. The first-order valence-corrected chi connectivity index (χ1v) is 13.2. The van der Waals surface area contributed by atoms with Crippen molar-refractivity contribution in [3.8, 4) is 23.0 Å². The third-order valence-corrected chi connectivity index (χ3v) is 5.96. The molecule has 0 aliphatic rings. The summed E-state index contributed by atoms with van der Waals surface area (Å²) >= 11 is 0. The number of esters is 2. The fourth-order valence-electron chi connectivity index (χ4n) is 4.01. The maximum absolute atomic E-state index is 13.5. The van der Waals surface area contributed by atoms with Gasteiger partial charge in [-0.3, -0.25) is 0 Å². The number of amides is 2.